The summed E-state index contributed by atoms with van der Waals surface area (Å²) in [5.41, 5.74) is 0.820. The Morgan fingerprint density at radius 1 is 1.00 bits per heavy atom. The van der Waals surface area contributed by atoms with Crippen LogP contribution in [0.4, 0.5) is 5.82 Å². The summed E-state index contributed by atoms with van der Waals surface area (Å²) >= 11 is 0. The lowest BCUT2D eigenvalue weighted by Crippen LogP contribution is -2.25. The van der Waals surface area contributed by atoms with Crippen LogP contribution in [-0.2, 0) is 0 Å². The van der Waals surface area contributed by atoms with E-state index in [0.717, 1.165) is 30.4 Å². The molecule has 0 radical (unpaired) electrons. The van der Waals surface area contributed by atoms with Gasteiger partial charge in [0, 0.05) is 13.1 Å². The van der Waals surface area contributed by atoms with Gasteiger partial charge in [0.15, 0.2) is 11.5 Å². The van der Waals surface area contributed by atoms with Gasteiger partial charge in [0.25, 0.3) is 0 Å². The summed E-state index contributed by atoms with van der Waals surface area (Å²) in [5, 5.41) is 12.7. The van der Waals surface area contributed by atoms with Gasteiger partial charge in [-0.05, 0) is 31.9 Å². The average Bonchev–Trinajstić information content (AvgIpc) is 2.58. The van der Waals surface area contributed by atoms with Crippen molar-refractivity contribution >= 4 is 11.5 Å². The van der Waals surface area contributed by atoms with Gasteiger partial charge >= 0.3 is 0 Å². The third-order valence-electron chi connectivity index (χ3n) is 3.33. The first-order chi connectivity index (χ1) is 8.34. The van der Waals surface area contributed by atoms with E-state index >= 15 is 0 Å². The van der Waals surface area contributed by atoms with Crippen LogP contribution in [0.3, 0.4) is 0 Å². The van der Waals surface area contributed by atoms with Gasteiger partial charge < -0.3 is 4.90 Å². The Balaban J connectivity index is 1.95. The van der Waals surface area contributed by atoms with E-state index in [1.165, 1.54) is 25.7 Å². The van der Waals surface area contributed by atoms with Crippen molar-refractivity contribution in [2.45, 2.75) is 32.6 Å². The second kappa shape index (κ2) is 4.31. The fourth-order valence-electron chi connectivity index (χ4n) is 2.35. The van der Waals surface area contributed by atoms with Gasteiger partial charge in [-0.25, -0.2) is 0 Å². The summed E-state index contributed by atoms with van der Waals surface area (Å²) in [5.74, 6) is 1.89. The number of aryl methyl sites for hydroxylation is 1. The highest BCUT2D eigenvalue weighted by atomic mass is 15.4. The van der Waals surface area contributed by atoms with E-state index in [0.29, 0.717) is 0 Å². The van der Waals surface area contributed by atoms with Gasteiger partial charge in [-0.2, -0.15) is 4.52 Å². The van der Waals surface area contributed by atoms with Crippen LogP contribution in [-0.4, -0.2) is 32.9 Å². The third-order valence-corrected chi connectivity index (χ3v) is 3.33. The Morgan fingerprint density at radius 2 is 1.76 bits per heavy atom. The molecule has 1 fully saturated rings. The molecule has 0 bridgehead atoms. The van der Waals surface area contributed by atoms with Crippen LogP contribution in [0.25, 0.3) is 5.65 Å². The number of hydrogen-bond donors (Lipinski definition) is 0. The minimum absolute atomic E-state index is 0.820. The Kier molecular flexibility index (Phi) is 2.66. The van der Waals surface area contributed by atoms with Crippen molar-refractivity contribution in [1.82, 2.24) is 19.8 Å². The molecule has 0 saturated carbocycles. The molecule has 1 aliphatic rings. The standard InChI is InChI=1S/C12H17N5/c1-10-13-14-11-6-7-12(15-17(10)11)16-8-4-2-3-5-9-16/h6-7H,2-5,8-9H2,1H3. The summed E-state index contributed by atoms with van der Waals surface area (Å²) < 4.78 is 1.82. The van der Waals surface area contributed by atoms with Gasteiger partial charge in [-0.15, -0.1) is 15.3 Å². The number of hydrogen-bond acceptors (Lipinski definition) is 4. The van der Waals surface area contributed by atoms with E-state index in [4.69, 9.17) is 0 Å². The van der Waals surface area contributed by atoms with E-state index < -0.39 is 0 Å². The molecule has 1 saturated heterocycles. The molecular weight excluding hydrogens is 214 g/mol. The topological polar surface area (TPSA) is 46.3 Å². The molecule has 0 atom stereocenters. The molecule has 17 heavy (non-hydrogen) atoms. The molecule has 1 aliphatic heterocycles. The predicted molar refractivity (Wildman–Crippen MR) is 66.2 cm³/mol. The molecule has 90 valence electrons. The summed E-state index contributed by atoms with van der Waals surface area (Å²) in [4.78, 5) is 2.37. The number of rotatable bonds is 1. The maximum Gasteiger partial charge on any atom is 0.178 e. The first kappa shape index (κ1) is 10.5. The van der Waals surface area contributed by atoms with Crippen LogP contribution in [0.15, 0.2) is 12.1 Å². The van der Waals surface area contributed by atoms with Crippen molar-refractivity contribution in [3.8, 4) is 0 Å². The van der Waals surface area contributed by atoms with Crippen molar-refractivity contribution < 1.29 is 0 Å². The molecule has 5 nitrogen and oxygen atoms in total. The molecule has 2 aromatic heterocycles. The zero-order chi connectivity index (χ0) is 11.7. The molecule has 3 rings (SSSR count). The lowest BCUT2D eigenvalue weighted by Gasteiger charge is -2.20. The summed E-state index contributed by atoms with van der Waals surface area (Å²) in [7, 11) is 0. The summed E-state index contributed by atoms with van der Waals surface area (Å²) in [6.07, 6.45) is 5.20. The maximum absolute atomic E-state index is 4.62. The normalized spacial score (nSPS) is 17.4. The highest BCUT2D eigenvalue weighted by Gasteiger charge is 2.12. The smallest absolute Gasteiger partial charge is 0.178 e. The van der Waals surface area contributed by atoms with Gasteiger partial charge in [0.1, 0.15) is 5.82 Å². The van der Waals surface area contributed by atoms with Crippen molar-refractivity contribution in [3.63, 3.8) is 0 Å². The minimum atomic E-state index is 0.820. The Bertz CT molecular complexity index is 511. The van der Waals surface area contributed by atoms with Crippen molar-refractivity contribution in [3.05, 3.63) is 18.0 Å². The first-order valence-electron chi connectivity index (χ1n) is 6.28. The van der Waals surface area contributed by atoms with Crippen LogP contribution in [0.5, 0.6) is 0 Å². The summed E-state index contributed by atoms with van der Waals surface area (Å²) in [6, 6.07) is 4.04. The number of fused-ring (bicyclic) bond motifs is 1. The number of aromatic nitrogens is 4. The fraction of sp³-hybridized carbons (Fsp3) is 0.583. The molecule has 0 amide bonds. The van der Waals surface area contributed by atoms with Gasteiger partial charge in [-0.3, -0.25) is 0 Å². The Labute approximate surface area is 100 Å². The van der Waals surface area contributed by atoms with Gasteiger partial charge in [-0.1, -0.05) is 12.8 Å². The van der Waals surface area contributed by atoms with Crippen molar-refractivity contribution in [2.24, 2.45) is 0 Å². The molecule has 5 heteroatoms. The van der Waals surface area contributed by atoms with Crippen LogP contribution >= 0.6 is 0 Å². The van der Waals surface area contributed by atoms with Crippen LogP contribution in [0.1, 0.15) is 31.5 Å². The molecule has 0 aromatic carbocycles. The van der Waals surface area contributed by atoms with Crippen molar-refractivity contribution in [2.75, 3.05) is 18.0 Å². The quantitative estimate of drug-likeness (QED) is 0.751. The Morgan fingerprint density at radius 3 is 2.53 bits per heavy atom. The second-order valence-electron chi connectivity index (χ2n) is 4.61. The Hall–Kier alpha value is -1.65. The second-order valence-corrected chi connectivity index (χ2v) is 4.61. The van der Waals surface area contributed by atoms with Crippen molar-refractivity contribution in [1.29, 1.82) is 0 Å². The highest BCUT2D eigenvalue weighted by molar-refractivity contribution is 5.45. The zero-order valence-electron chi connectivity index (χ0n) is 10.1. The number of nitrogens with zero attached hydrogens (tertiary/aromatic N) is 5. The SMILES string of the molecule is Cc1nnc2ccc(N3CCCCCC3)nn12. The maximum atomic E-state index is 4.62. The van der Waals surface area contributed by atoms with Crippen LogP contribution in [0.2, 0.25) is 0 Å². The molecule has 0 aliphatic carbocycles. The molecule has 3 heterocycles. The molecule has 0 spiro atoms. The van der Waals surface area contributed by atoms with Gasteiger partial charge in [0.05, 0.1) is 0 Å². The molecule has 0 N–H and O–H groups in total. The number of anilines is 1. The lowest BCUT2D eigenvalue weighted by atomic mass is 10.2. The average molecular weight is 231 g/mol. The third kappa shape index (κ3) is 1.97. The van der Waals surface area contributed by atoms with E-state index in [1.54, 1.807) is 0 Å². The fourth-order valence-corrected chi connectivity index (χ4v) is 2.35. The van der Waals surface area contributed by atoms with Gasteiger partial charge in [0.2, 0.25) is 0 Å². The lowest BCUT2D eigenvalue weighted by molar-refractivity contribution is 0.726. The van der Waals surface area contributed by atoms with E-state index in [-0.39, 0.29) is 0 Å². The largest absolute Gasteiger partial charge is 0.355 e. The van der Waals surface area contributed by atoms with E-state index in [1.807, 2.05) is 17.5 Å². The van der Waals surface area contributed by atoms with E-state index in [9.17, 15) is 0 Å². The summed E-state index contributed by atoms with van der Waals surface area (Å²) in [6.45, 7) is 4.15. The predicted octanol–water partition coefficient (Wildman–Crippen LogP) is 1.81. The van der Waals surface area contributed by atoms with Crippen LogP contribution in [0, 0.1) is 6.92 Å². The first-order valence-corrected chi connectivity index (χ1v) is 6.28. The monoisotopic (exact) mass is 231 g/mol. The molecule has 2 aromatic rings. The minimum Gasteiger partial charge on any atom is -0.355 e. The van der Waals surface area contributed by atoms with Crippen LogP contribution < -0.4 is 4.90 Å². The molecular formula is C12H17N5. The van der Waals surface area contributed by atoms with E-state index in [2.05, 4.69) is 26.3 Å². The molecule has 0 unspecified atom stereocenters. The zero-order valence-corrected chi connectivity index (χ0v) is 10.1. The highest BCUT2D eigenvalue weighted by Crippen LogP contribution is 2.17.